The van der Waals surface area contributed by atoms with E-state index in [-0.39, 0.29) is 23.2 Å². The van der Waals surface area contributed by atoms with Crippen molar-refractivity contribution < 1.29 is 24.2 Å². The lowest BCUT2D eigenvalue weighted by molar-refractivity contribution is -0.149. The Hall–Kier alpha value is -2.14. The minimum atomic E-state index is -0.627. The zero-order valence-corrected chi connectivity index (χ0v) is 11.9. The van der Waals surface area contributed by atoms with E-state index in [0.29, 0.717) is 31.6 Å². The molecule has 0 spiro atoms. The van der Waals surface area contributed by atoms with Crippen molar-refractivity contribution in [3.05, 3.63) is 35.4 Å². The van der Waals surface area contributed by atoms with E-state index in [1.807, 2.05) is 0 Å². The average Bonchev–Trinajstić information content (AvgIpc) is 2.45. The molecule has 1 aromatic carbocycles. The van der Waals surface area contributed by atoms with Gasteiger partial charge >= 0.3 is 5.97 Å². The van der Waals surface area contributed by atoms with Crippen LogP contribution in [0, 0.1) is 0 Å². The van der Waals surface area contributed by atoms with Gasteiger partial charge in [-0.1, -0.05) is 12.1 Å². The van der Waals surface area contributed by atoms with Crippen molar-refractivity contribution in [3.63, 3.8) is 0 Å². The van der Waals surface area contributed by atoms with Gasteiger partial charge in [-0.3, -0.25) is 4.79 Å². The third-order valence-corrected chi connectivity index (χ3v) is 3.22. The van der Waals surface area contributed by atoms with Crippen molar-refractivity contribution in [2.75, 3.05) is 13.2 Å². The maximum absolute atomic E-state index is 12.1. The summed E-state index contributed by atoms with van der Waals surface area (Å²) in [5.74, 6) is -0.919. The number of rotatable bonds is 4. The zero-order chi connectivity index (χ0) is 15.2. The number of hydrogen-bond acceptors (Lipinski definition) is 5. The van der Waals surface area contributed by atoms with Gasteiger partial charge in [-0.2, -0.15) is 0 Å². The Morgan fingerprint density at radius 3 is 2.67 bits per heavy atom. The molecule has 0 saturated carbocycles. The van der Waals surface area contributed by atoms with E-state index in [1.165, 1.54) is 25.1 Å². The largest absolute Gasteiger partial charge is 0.508 e. The van der Waals surface area contributed by atoms with Gasteiger partial charge in [-0.05, 0) is 30.7 Å². The first-order valence-electron chi connectivity index (χ1n) is 6.86. The first-order valence-corrected chi connectivity index (χ1v) is 6.86. The quantitative estimate of drug-likeness (QED) is 0.398. The second kappa shape index (κ2) is 7.04. The van der Waals surface area contributed by atoms with Crippen LogP contribution in [0.2, 0.25) is 0 Å². The van der Waals surface area contributed by atoms with Gasteiger partial charge in [-0.25, -0.2) is 4.79 Å². The number of phenolic OH excluding ortho intramolecular Hbond substituents is 1. The molecule has 21 heavy (non-hydrogen) atoms. The molecule has 0 atom stereocenters. The number of ketones is 1. The van der Waals surface area contributed by atoms with Crippen LogP contribution in [0.5, 0.6) is 5.75 Å². The molecule has 0 aromatic heterocycles. The Balaban J connectivity index is 2.14. The number of aromatic hydroxyl groups is 1. The topological polar surface area (TPSA) is 72.8 Å². The smallest absolute Gasteiger partial charge is 0.342 e. The molecule has 1 aromatic rings. The number of hydrogen-bond donors (Lipinski definition) is 1. The summed E-state index contributed by atoms with van der Waals surface area (Å²) in [6.07, 6.45) is 2.51. The van der Waals surface area contributed by atoms with Gasteiger partial charge in [0, 0.05) is 12.8 Å². The maximum atomic E-state index is 12.1. The van der Waals surface area contributed by atoms with Crippen molar-refractivity contribution >= 4 is 17.8 Å². The minimum Gasteiger partial charge on any atom is -0.508 e. The van der Waals surface area contributed by atoms with Gasteiger partial charge in [0.25, 0.3) is 0 Å². The van der Waals surface area contributed by atoms with Crippen molar-refractivity contribution in [2.24, 2.45) is 0 Å². The fourth-order valence-electron chi connectivity index (χ4n) is 2.09. The van der Waals surface area contributed by atoms with E-state index in [4.69, 9.17) is 9.47 Å². The summed E-state index contributed by atoms with van der Waals surface area (Å²) < 4.78 is 10.5. The minimum absolute atomic E-state index is 0.0212. The number of phenols is 1. The van der Waals surface area contributed by atoms with Crippen LogP contribution in [0.1, 0.15) is 25.3 Å². The normalized spacial score (nSPS) is 16.5. The van der Waals surface area contributed by atoms with Gasteiger partial charge in [0.1, 0.15) is 17.4 Å². The van der Waals surface area contributed by atoms with Crippen molar-refractivity contribution in [1.82, 2.24) is 0 Å². The molecule has 0 bridgehead atoms. The number of carbonyl (C=O) groups excluding carboxylic acids is 2. The molecule has 0 amide bonds. The maximum Gasteiger partial charge on any atom is 0.342 e. The number of carbonyl (C=O) groups is 2. The van der Waals surface area contributed by atoms with E-state index in [1.54, 1.807) is 12.1 Å². The summed E-state index contributed by atoms with van der Waals surface area (Å²) in [6, 6.07) is 6.34. The zero-order valence-electron chi connectivity index (χ0n) is 11.9. The summed E-state index contributed by atoms with van der Waals surface area (Å²) in [6.45, 7) is 2.44. The molecule has 2 rings (SSSR count). The van der Waals surface area contributed by atoms with Crippen LogP contribution in [-0.4, -0.2) is 36.2 Å². The van der Waals surface area contributed by atoms with E-state index < -0.39 is 5.97 Å². The van der Waals surface area contributed by atoms with Crippen LogP contribution in [0.15, 0.2) is 29.8 Å². The van der Waals surface area contributed by atoms with Gasteiger partial charge < -0.3 is 14.6 Å². The Morgan fingerprint density at radius 2 is 2.05 bits per heavy atom. The standard InChI is InChI=1S/C16H18O5/c1-11(17)15(10-12-3-2-4-13(18)9-12)16(19)21-14-5-7-20-8-6-14/h2-4,9-10,14,18H,5-8H2,1H3/b15-10-. The lowest BCUT2D eigenvalue weighted by Gasteiger charge is -2.22. The predicted molar refractivity (Wildman–Crippen MR) is 76.7 cm³/mol. The van der Waals surface area contributed by atoms with Crippen molar-refractivity contribution in [3.8, 4) is 5.75 Å². The molecule has 1 heterocycles. The summed E-state index contributed by atoms with van der Waals surface area (Å²) in [4.78, 5) is 23.8. The molecular formula is C16H18O5. The highest BCUT2D eigenvalue weighted by atomic mass is 16.6. The lowest BCUT2D eigenvalue weighted by atomic mass is 10.1. The molecular weight excluding hydrogens is 272 g/mol. The molecule has 0 radical (unpaired) electrons. The first kappa shape index (κ1) is 15.3. The molecule has 5 heteroatoms. The number of esters is 1. The van der Waals surface area contributed by atoms with Gasteiger partial charge in [-0.15, -0.1) is 0 Å². The molecule has 1 aliphatic rings. The Labute approximate surface area is 123 Å². The van der Waals surface area contributed by atoms with Gasteiger partial charge in [0.05, 0.1) is 13.2 Å². The molecule has 1 fully saturated rings. The fourth-order valence-corrected chi connectivity index (χ4v) is 2.09. The number of Topliss-reactive ketones (excluding diaryl/α,β-unsaturated/α-hetero) is 1. The Bertz CT molecular complexity index is 556. The molecule has 0 aliphatic carbocycles. The van der Waals surface area contributed by atoms with Gasteiger partial charge in [0.2, 0.25) is 0 Å². The fraction of sp³-hybridized carbons (Fsp3) is 0.375. The van der Waals surface area contributed by atoms with Crippen LogP contribution >= 0.6 is 0 Å². The van der Waals surface area contributed by atoms with Crippen LogP contribution in [-0.2, 0) is 19.1 Å². The monoisotopic (exact) mass is 290 g/mol. The second-order valence-corrected chi connectivity index (χ2v) is 4.93. The van der Waals surface area contributed by atoms with Crippen LogP contribution in [0.3, 0.4) is 0 Å². The summed E-state index contributed by atoms with van der Waals surface area (Å²) >= 11 is 0. The summed E-state index contributed by atoms with van der Waals surface area (Å²) in [5, 5.41) is 9.42. The predicted octanol–water partition coefficient (Wildman–Crippen LogP) is 2.09. The Morgan fingerprint density at radius 1 is 1.33 bits per heavy atom. The summed E-state index contributed by atoms with van der Waals surface area (Å²) in [5.41, 5.74) is 0.552. The van der Waals surface area contributed by atoms with E-state index in [0.717, 1.165) is 0 Å². The SMILES string of the molecule is CC(=O)/C(=C/c1cccc(O)c1)C(=O)OC1CCOCC1. The molecule has 1 N–H and O–H groups in total. The third-order valence-electron chi connectivity index (χ3n) is 3.22. The average molecular weight is 290 g/mol. The lowest BCUT2D eigenvalue weighted by Crippen LogP contribution is -2.27. The van der Waals surface area contributed by atoms with Crippen LogP contribution < -0.4 is 0 Å². The summed E-state index contributed by atoms with van der Waals surface area (Å²) in [7, 11) is 0. The molecule has 1 saturated heterocycles. The highest BCUT2D eigenvalue weighted by molar-refractivity contribution is 6.19. The van der Waals surface area contributed by atoms with Crippen LogP contribution in [0.25, 0.3) is 6.08 Å². The second-order valence-electron chi connectivity index (χ2n) is 4.93. The Kier molecular flexibility index (Phi) is 5.11. The molecule has 112 valence electrons. The molecule has 1 aliphatic heterocycles. The van der Waals surface area contributed by atoms with E-state index in [2.05, 4.69) is 0 Å². The molecule has 0 unspecified atom stereocenters. The first-order chi connectivity index (χ1) is 10.1. The third kappa shape index (κ3) is 4.43. The highest BCUT2D eigenvalue weighted by Gasteiger charge is 2.22. The molecule has 5 nitrogen and oxygen atoms in total. The highest BCUT2D eigenvalue weighted by Crippen LogP contribution is 2.17. The number of benzene rings is 1. The van der Waals surface area contributed by atoms with Gasteiger partial charge in [0.15, 0.2) is 5.78 Å². The van der Waals surface area contributed by atoms with E-state index >= 15 is 0 Å². The van der Waals surface area contributed by atoms with Crippen molar-refractivity contribution in [2.45, 2.75) is 25.9 Å². The van der Waals surface area contributed by atoms with Crippen LogP contribution in [0.4, 0.5) is 0 Å². The van der Waals surface area contributed by atoms with Crippen molar-refractivity contribution in [1.29, 1.82) is 0 Å². The number of ether oxygens (including phenoxy) is 2. The van der Waals surface area contributed by atoms with E-state index in [9.17, 15) is 14.7 Å².